The molecule has 0 atom stereocenters. The number of amides is 1. The van der Waals surface area contributed by atoms with Crippen molar-refractivity contribution < 1.29 is 14.3 Å². The number of imidazole rings is 1. The summed E-state index contributed by atoms with van der Waals surface area (Å²) in [7, 11) is 0. The molecule has 7 nitrogen and oxygen atoms in total. The first-order valence-corrected chi connectivity index (χ1v) is 9.53. The second-order valence-electron chi connectivity index (χ2n) is 7.23. The Morgan fingerprint density at radius 3 is 2.71 bits per heavy atom. The molecule has 0 aliphatic carbocycles. The van der Waals surface area contributed by atoms with Crippen LogP contribution in [0.1, 0.15) is 21.7 Å². The third kappa shape index (κ3) is 2.97. The zero-order valence-corrected chi connectivity index (χ0v) is 15.8. The zero-order chi connectivity index (χ0) is 19.1. The number of nitrogens with zero attached hydrogens (tertiary/aromatic N) is 4. The predicted molar refractivity (Wildman–Crippen MR) is 104 cm³/mol. The quantitative estimate of drug-likeness (QED) is 0.700. The average molecular weight is 378 g/mol. The number of aromatic nitrogens is 2. The van der Waals surface area contributed by atoms with Crippen LogP contribution in [-0.2, 0) is 6.54 Å². The van der Waals surface area contributed by atoms with Crippen molar-refractivity contribution in [1.82, 2.24) is 19.2 Å². The summed E-state index contributed by atoms with van der Waals surface area (Å²) in [5.74, 6) is 1.64. The van der Waals surface area contributed by atoms with E-state index in [9.17, 15) is 4.79 Å². The molecule has 2 aromatic heterocycles. The molecule has 28 heavy (non-hydrogen) atoms. The summed E-state index contributed by atoms with van der Waals surface area (Å²) >= 11 is 0. The molecule has 7 heteroatoms. The summed E-state index contributed by atoms with van der Waals surface area (Å²) in [5.41, 5.74) is 3.45. The highest BCUT2D eigenvalue weighted by Gasteiger charge is 2.26. The number of carbonyl (C=O) groups is 1. The van der Waals surface area contributed by atoms with E-state index in [-0.39, 0.29) is 5.91 Å². The normalized spacial score (nSPS) is 16.7. The van der Waals surface area contributed by atoms with E-state index in [0.29, 0.717) is 25.6 Å². The number of aryl methyl sites for hydroxylation is 1. The lowest BCUT2D eigenvalue weighted by Crippen LogP contribution is -2.48. The van der Waals surface area contributed by atoms with Gasteiger partial charge >= 0.3 is 0 Å². The smallest absolute Gasteiger partial charge is 0.274 e. The minimum Gasteiger partial charge on any atom is -0.454 e. The lowest BCUT2D eigenvalue weighted by atomic mass is 10.1. The maximum atomic E-state index is 13.0. The van der Waals surface area contributed by atoms with Gasteiger partial charge in [0.1, 0.15) is 11.3 Å². The van der Waals surface area contributed by atoms with Crippen molar-refractivity contribution >= 4 is 11.6 Å². The van der Waals surface area contributed by atoms with Gasteiger partial charge in [0, 0.05) is 38.9 Å². The van der Waals surface area contributed by atoms with Crippen LogP contribution < -0.4 is 9.47 Å². The molecule has 0 saturated carbocycles. The maximum absolute atomic E-state index is 13.0. The number of carbonyl (C=O) groups excluding carboxylic acids is 1. The summed E-state index contributed by atoms with van der Waals surface area (Å²) < 4.78 is 12.8. The van der Waals surface area contributed by atoms with Crippen LogP contribution in [0.4, 0.5) is 0 Å². The van der Waals surface area contributed by atoms with Gasteiger partial charge in [-0.25, -0.2) is 4.98 Å². The topological polar surface area (TPSA) is 59.3 Å². The third-order valence-corrected chi connectivity index (χ3v) is 5.47. The van der Waals surface area contributed by atoms with Gasteiger partial charge < -0.3 is 18.8 Å². The van der Waals surface area contributed by atoms with Crippen LogP contribution in [0.25, 0.3) is 5.65 Å². The van der Waals surface area contributed by atoms with Gasteiger partial charge in [-0.15, -0.1) is 0 Å². The Kier molecular flexibility index (Phi) is 4.16. The molecule has 0 N–H and O–H groups in total. The first-order chi connectivity index (χ1) is 13.7. The molecule has 1 amide bonds. The van der Waals surface area contributed by atoms with E-state index in [1.54, 1.807) is 0 Å². The molecule has 4 heterocycles. The van der Waals surface area contributed by atoms with Gasteiger partial charge in [0.15, 0.2) is 11.5 Å². The molecular weight excluding hydrogens is 356 g/mol. The Labute approximate surface area is 163 Å². The highest BCUT2D eigenvalue weighted by atomic mass is 16.7. The zero-order valence-electron chi connectivity index (χ0n) is 15.8. The van der Waals surface area contributed by atoms with Crippen LogP contribution in [0.3, 0.4) is 0 Å². The lowest BCUT2D eigenvalue weighted by Gasteiger charge is -2.34. The standard InChI is InChI=1S/C21H22N4O3/c1-15-20(22-19-4-2-3-7-25(15)19)21(26)24-10-8-23(9-11-24)13-16-5-6-17-18(12-16)28-14-27-17/h2-7,12H,8-11,13-14H2,1H3. The van der Waals surface area contributed by atoms with E-state index in [2.05, 4.69) is 16.0 Å². The Bertz CT molecular complexity index is 1040. The molecule has 0 bridgehead atoms. The minimum absolute atomic E-state index is 0.0175. The summed E-state index contributed by atoms with van der Waals surface area (Å²) in [6.45, 7) is 6.17. The van der Waals surface area contributed by atoms with E-state index >= 15 is 0 Å². The van der Waals surface area contributed by atoms with Crippen molar-refractivity contribution in [3.63, 3.8) is 0 Å². The number of ether oxygens (including phenoxy) is 2. The van der Waals surface area contributed by atoms with Crippen LogP contribution in [0.5, 0.6) is 11.5 Å². The molecule has 2 aliphatic rings. The third-order valence-electron chi connectivity index (χ3n) is 5.47. The van der Waals surface area contributed by atoms with Crippen LogP contribution in [-0.4, -0.2) is 58.1 Å². The van der Waals surface area contributed by atoms with Crippen molar-refractivity contribution in [2.75, 3.05) is 33.0 Å². The Morgan fingerprint density at radius 1 is 1.07 bits per heavy atom. The summed E-state index contributed by atoms with van der Waals surface area (Å²) in [5, 5.41) is 0. The number of benzene rings is 1. The highest BCUT2D eigenvalue weighted by Crippen LogP contribution is 2.32. The summed E-state index contributed by atoms with van der Waals surface area (Å²) in [4.78, 5) is 21.8. The van der Waals surface area contributed by atoms with Crippen LogP contribution in [0, 0.1) is 6.92 Å². The minimum atomic E-state index is 0.0175. The maximum Gasteiger partial charge on any atom is 0.274 e. The highest BCUT2D eigenvalue weighted by molar-refractivity contribution is 5.94. The fourth-order valence-corrected chi connectivity index (χ4v) is 3.88. The second kappa shape index (κ2) is 6.83. The Hall–Kier alpha value is -3.06. The van der Waals surface area contributed by atoms with E-state index < -0.39 is 0 Å². The van der Waals surface area contributed by atoms with Gasteiger partial charge in [-0.1, -0.05) is 12.1 Å². The molecule has 1 saturated heterocycles. The predicted octanol–water partition coefficient (Wildman–Crippen LogP) is 2.33. The van der Waals surface area contributed by atoms with Gasteiger partial charge in [0.25, 0.3) is 5.91 Å². The van der Waals surface area contributed by atoms with Crippen molar-refractivity contribution in [2.45, 2.75) is 13.5 Å². The number of hydrogen-bond acceptors (Lipinski definition) is 5. The fraction of sp³-hybridized carbons (Fsp3) is 0.333. The van der Waals surface area contributed by atoms with Crippen molar-refractivity contribution in [3.05, 3.63) is 59.5 Å². The molecule has 2 aliphatic heterocycles. The number of pyridine rings is 1. The SMILES string of the molecule is Cc1c(C(=O)N2CCN(Cc3ccc4c(c3)OCO4)CC2)nc2ccccn12. The first-order valence-electron chi connectivity index (χ1n) is 9.53. The van der Waals surface area contributed by atoms with E-state index in [4.69, 9.17) is 9.47 Å². The van der Waals surface area contributed by atoms with Crippen molar-refractivity contribution in [2.24, 2.45) is 0 Å². The van der Waals surface area contributed by atoms with E-state index in [1.165, 1.54) is 5.56 Å². The fourth-order valence-electron chi connectivity index (χ4n) is 3.88. The van der Waals surface area contributed by atoms with Crippen molar-refractivity contribution in [1.29, 1.82) is 0 Å². The first kappa shape index (κ1) is 17.1. The molecule has 1 fully saturated rings. The molecule has 0 unspecified atom stereocenters. The monoisotopic (exact) mass is 378 g/mol. The van der Waals surface area contributed by atoms with Crippen LogP contribution in [0.2, 0.25) is 0 Å². The molecule has 3 aromatic rings. The van der Waals surface area contributed by atoms with Gasteiger partial charge in [-0.2, -0.15) is 0 Å². The number of rotatable bonds is 3. The molecule has 1 aromatic carbocycles. The molecule has 144 valence electrons. The number of piperazine rings is 1. The molecule has 0 spiro atoms. The summed E-state index contributed by atoms with van der Waals surface area (Å²) in [6, 6.07) is 11.9. The number of hydrogen-bond donors (Lipinski definition) is 0. The van der Waals surface area contributed by atoms with Gasteiger partial charge in [0.05, 0.1) is 5.69 Å². The van der Waals surface area contributed by atoms with Crippen LogP contribution in [0.15, 0.2) is 42.6 Å². The van der Waals surface area contributed by atoms with Crippen molar-refractivity contribution in [3.8, 4) is 11.5 Å². The van der Waals surface area contributed by atoms with Gasteiger partial charge in [0.2, 0.25) is 6.79 Å². The van der Waals surface area contributed by atoms with E-state index in [1.807, 2.05) is 52.8 Å². The summed E-state index contributed by atoms with van der Waals surface area (Å²) in [6.07, 6.45) is 1.94. The Morgan fingerprint density at radius 2 is 1.89 bits per heavy atom. The molecule has 5 rings (SSSR count). The van der Waals surface area contributed by atoms with Crippen LogP contribution >= 0.6 is 0 Å². The largest absolute Gasteiger partial charge is 0.454 e. The number of fused-ring (bicyclic) bond motifs is 2. The average Bonchev–Trinajstić information content (AvgIpc) is 3.32. The Balaban J connectivity index is 1.24. The lowest BCUT2D eigenvalue weighted by molar-refractivity contribution is 0.0622. The van der Waals surface area contributed by atoms with E-state index in [0.717, 1.165) is 42.5 Å². The molecular formula is C21H22N4O3. The van der Waals surface area contributed by atoms with Gasteiger partial charge in [-0.05, 0) is 36.8 Å². The molecule has 0 radical (unpaired) electrons. The second-order valence-corrected chi connectivity index (χ2v) is 7.23. The van der Waals surface area contributed by atoms with Gasteiger partial charge in [-0.3, -0.25) is 9.69 Å².